The number of carbonyl (C=O) groups is 1. The minimum Gasteiger partial charge on any atom is -0.481 e. The van der Waals surface area contributed by atoms with E-state index in [4.69, 9.17) is 21.8 Å². The van der Waals surface area contributed by atoms with Crippen LogP contribution in [0.15, 0.2) is 0 Å². The Hall–Kier alpha value is -0.280. The Bertz CT molecular complexity index is 220. The number of carboxylic acids is 1. The number of unbranched alkanes of at least 4 members (excludes halogenated alkanes) is 11. The first-order chi connectivity index (χ1) is 9.63. The molecule has 0 aromatic carbocycles. The fraction of sp³-hybridized carbons (Fsp3) is 0.938. The molecule has 0 saturated heterocycles. The van der Waals surface area contributed by atoms with Crippen molar-refractivity contribution in [2.75, 3.05) is 0 Å². The summed E-state index contributed by atoms with van der Waals surface area (Å²) in [4.78, 5) is 10.3. The molecule has 0 rings (SSSR count). The van der Waals surface area contributed by atoms with Gasteiger partial charge < -0.3 is 10.2 Å². The van der Waals surface area contributed by atoms with Crippen LogP contribution in [-0.2, 0) is 4.79 Å². The topological polar surface area (TPSA) is 57.5 Å². The summed E-state index contributed by atoms with van der Waals surface area (Å²) in [6.45, 7) is 0. The quantitative estimate of drug-likeness (QED) is 0.327. The minimum atomic E-state index is -0.675. The summed E-state index contributed by atoms with van der Waals surface area (Å²) in [6, 6.07) is 0. The molecular formula is C16H31ClO3. The van der Waals surface area contributed by atoms with E-state index in [0.29, 0.717) is 12.8 Å². The maximum absolute atomic E-state index is 10.3. The smallest absolute Gasteiger partial charge is 0.303 e. The molecule has 1 atom stereocenters. The van der Waals surface area contributed by atoms with Gasteiger partial charge in [0.1, 0.15) is 5.56 Å². The molecule has 3 nitrogen and oxygen atoms in total. The first kappa shape index (κ1) is 19.7. The van der Waals surface area contributed by atoms with Crippen molar-refractivity contribution in [1.29, 1.82) is 0 Å². The van der Waals surface area contributed by atoms with Gasteiger partial charge in [0.15, 0.2) is 0 Å². The van der Waals surface area contributed by atoms with Crippen molar-refractivity contribution in [3.8, 4) is 0 Å². The van der Waals surface area contributed by atoms with Crippen molar-refractivity contribution in [3.63, 3.8) is 0 Å². The Balaban J connectivity index is 2.97. The summed E-state index contributed by atoms with van der Waals surface area (Å²) in [7, 11) is 0. The number of hydrogen-bond acceptors (Lipinski definition) is 2. The number of hydrogen-bond donors (Lipinski definition) is 2. The highest BCUT2D eigenvalue weighted by Gasteiger charge is 1.98. The molecule has 0 aromatic heterocycles. The second-order valence-electron chi connectivity index (χ2n) is 5.61. The summed E-state index contributed by atoms with van der Waals surface area (Å²) in [6.07, 6.45) is 15.3. The van der Waals surface area contributed by atoms with Gasteiger partial charge in [0.25, 0.3) is 0 Å². The number of aliphatic hydroxyl groups excluding tert-OH is 1. The Morgan fingerprint density at radius 3 is 1.45 bits per heavy atom. The van der Waals surface area contributed by atoms with Gasteiger partial charge in [-0.15, -0.1) is 0 Å². The van der Waals surface area contributed by atoms with Crippen molar-refractivity contribution in [1.82, 2.24) is 0 Å². The third-order valence-electron chi connectivity index (χ3n) is 3.58. The van der Waals surface area contributed by atoms with Crippen LogP contribution in [0.25, 0.3) is 0 Å². The lowest BCUT2D eigenvalue weighted by Crippen LogP contribution is -1.94. The van der Waals surface area contributed by atoms with E-state index >= 15 is 0 Å². The molecule has 0 saturated carbocycles. The molecule has 0 bridgehead atoms. The molecule has 0 radical (unpaired) electrons. The van der Waals surface area contributed by atoms with Crippen molar-refractivity contribution in [2.45, 2.75) is 95.5 Å². The highest BCUT2D eigenvalue weighted by atomic mass is 35.5. The van der Waals surface area contributed by atoms with Gasteiger partial charge in [-0.3, -0.25) is 4.79 Å². The molecule has 0 spiro atoms. The number of aliphatic hydroxyl groups is 1. The Morgan fingerprint density at radius 2 is 1.10 bits per heavy atom. The third-order valence-corrected chi connectivity index (χ3v) is 3.80. The molecule has 4 heteroatoms. The van der Waals surface area contributed by atoms with Crippen LogP contribution in [0.5, 0.6) is 0 Å². The van der Waals surface area contributed by atoms with E-state index in [0.717, 1.165) is 19.3 Å². The van der Waals surface area contributed by atoms with Gasteiger partial charge in [0, 0.05) is 6.42 Å². The van der Waals surface area contributed by atoms with Crippen LogP contribution in [0.4, 0.5) is 0 Å². The van der Waals surface area contributed by atoms with E-state index < -0.39 is 11.5 Å². The van der Waals surface area contributed by atoms with E-state index in [9.17, 15) is 4.79 Å². The van der Waals surface area contributed by atoms with E-state index in [1.807, 2.05) is 0 Å². The molecule has 0 aliphatic carbocycles. The van der Waals surface area contributed by atoms with Gasteiger partial charge in [-0.2, -0.15) is 0 Å². The number of rotatable bonds is 15. The second kappa shape index (κ2) is 15.1. The van der Waals surface area contributed by atoms with Crippen LogP contribution in [0.1, 0.15) is 89.9 Å². The lowest BCUT2D eigenvalue weighted by Gasteiger charge is -2.03. The Kier molecular flexibility index (Phi) is 14.9. The molecule has 0 fully saturated rings. The average molecular weight is 307 g/mol. The van der Waals surface area contributed by atoms with Crippen molar-refractivity contribution in [3.05, 3.63) is 0 Å². The lowest BCUT2D eigenvalue weighted by molar-refractivity contribution is -0.137. The molecule has 0 amide bonds. The SMILES string of the molecule is O=C(O)CCCCCCCCCCCCCCC(O)Cl. The van der Waals surface area contributed by atoms with Gasteiger partial charge in [-0.05, 0) is 19.3 Å². The zero-order valence-corrected chi connectivity index (χ0v) is 13.4. The summed E-state index contributed by atoms with van der Waals surface area (Å²) < 4.78 is 0. The summed E-state index contributed by atoms with van der Waals surface area (Å²) in [5.74, 6) is -0.675. The van der Waals surface area contributed by atoms with Gasteiger partial charge >= 0.3 is 5.97 Å². The van der Waals surface area contributed by atoms with E-state index in [2.05, 4.69) is 0 Å². The highest BCUT2D eigenvalue weighted by molar-refractivity contribution is 6.19. The van der Waals surface area contributed by atoms with Gasteiger partial charge in [-0.25, -0.2) is 0 Å². The average Bonchev–Trinajstić information content (AvgIpc) is 2.38. The predicted molar refractivity (Wildman–Crippen MR) is 84.1 cm³/mol. The van der Waals surface area contributed by atoms with Crippen LogP contribution in [0.3, 0.4) is 0 Å². The van der Waals surface area contributed by atoms with Gasteiger partial charge in [0.2, 0.25) is 0 Å². The number of carboxylic acid groups (broad SMARTS) is 1. The van der Waals surface area contributed by atoms with E-state index in [-0.39, 0.29) is 0 Å². The summed E-state index contributed by atoms with van der Waals surface area (Å²) >= 11 is 5.46. The predicted octanol–water partition coefficient (Wildman–Crippen LogP) is 5.09. The van der Waals surface area contributed by atoms with Gasteiger partial charge in [0.05, 0.1) is 0 Å². The molecule has 0 heterocycles. The number of aliphatic carboxylic acids is 1. The largest absolute Gasteiger partial charge is 0.481 e. The van der Waals surface area contributed by atoms with E-state index in [1.54, 1.807) is 0 Å². The van der Waals surface area contributed by atoms with Crippen LogP contribution in [0.2, 0.25) is 0 Å². The molecule has 120 valence electrons. The standard InChI is InChI=1S/C16H31ClO3/c17-15(18)13-11-9-7-5-3-1-2-4-6-8-10-12-14-16(19)20/h15,18H,1-14H2,(H,19,20). The molecular weight excluding hydrogens is 276 g/mol. The number of alkyl halides is 1. The molecule has 0 aliphatic rings. The highest BCUT2D eigenvalue weighted by Crippen LogP contribution is 2.13. The molecule has 1 unspecified atom stereocenters. The van der Waals surface area contributed by atoms with E-state index in [1.165, 1.54) is 57.8 Å². The van der Waals surface area contributed by atoms with Crippen molar-refractivity contribution in [2.24, 2.45) is 0 Å². The van der Waals surface area contributed by atoms with Crippen LogP contribution >= 0.6 is 11.6 Å². The first-order valence-electron chi connectivity index (χ1n) is 8.17. The Morgan fingerprint density at radius 1 is 0.750 bits per heavy atom. The van der Waals surface area contributed by atoms with Crippen LogP contribution < -0.4 is 0 Å². The molecule has 0 aromatic rings. The second-order valence-corrected chi connectivity index (χ2v) is 6.11. The summed E-state index contributed by atoms with van der Waals surface area (Å²) in [5.41, 5.74) is -0.662. The molecule has 0 aliphatic heterocycles. The zero-order chi connectivity index (χ0) is 15.1. The normalized spacial score (nSPS) is 12.5. The van der Waals surface area contributed by atoms with Crippen LogP contribution in [0, 0.1) is 0 Å². The molecule has 20 heavy (non-hydrogen) atoms. The molecule has 2 N–H and O–H groups in total. The summed E-state index contributed by atoms with van der Waals surface area (Å²) in [5, 5.41) is 17.4. The fourth-order valence-corrected chi connectivity index (χ4v) is 2.51. The number of halogens is 1. The lowest BCUT2D eigenvalue weighted by atomic mass is 10.0. The van der Waals surface area contributed by atoms with Crippen molar-refractivity contribution < 1.29 is 15.0 Å². The maximum atomic E-state index is 10.3. The zero-order valence-electron chi connectivity index (χ0n) is 12.7. The third kappa shape index (κ3) is 17.7. The Labute approximate surface area is 128 Å². The van der Waals surface area contributed by atoms with Crippen LogP contribution in [-0.4, -0.2) is 21.7 Å². The van der Waals surface area contributed by atoms with Crippen molar-refractivity contribution >= 4 is 17.6 Å². The fourth-order valence-electron chi connectivity index (χ4n) is 2.36. The maximum Gasteiger partial charge on any atom is 0.303 e. The van der Waals surface area contributed by atoms with Gasteiger partial charge in [-0.1, -0.05) is 75.8 Å². The first-order valence-corrected chi connectivity index (χ1v) is 8.60. The minimum absolute atomic E-state index is 0.320. The monoisotopic (exact) mass is 306 g/mol.